The predicted octanol–water partition coefficient (Wildman–Crippen LogP) is 3.37. The van der Waals surface area contributed by atoms with E-state index in [2.05, 4.69) is 15.3 Å². The maximum atomic E-state index is 14.2. The van der Waals surface area contributed by atoms with Gasteiger partial charge in [-0.05, 0) is 44.2 Å². The van der Waals surface area contributed by atoms with E-state index < -0.39 is 5.82 Å². The molecule has 0 atom stereocenters. The van der Waals surface area contributed by atoms with Gasteiger partial charge in [0.15, 0.2) is 0 Å². The van der Waals surface area contributed by atoms with Gasteiger partial charge in [-0.15, -0.1) is 0 Å². The molecule has 1 aromatic heterocycles. The maximum Gasteiger partial charge on any atom is 0.239 e. The van der Waals surface area contributed by atoms with Crippen LogP contribution in [0.4, 0.5) is 10.2 Å². The van der Waals surface area contributed by atoms with Crippen LogP contribution in [-0.4, -0.2) is 64.1 Å². The molecule has 0 unspecified atom stereocenters. The number of aromatic nitrogens is 2. The summed E-state index contributed by atoms with van der Waals surface area (Å²) in [7, 11) is 0. The summed E-state index contributed by atoms with van der Waals surface area (Å²) < 4.78 is 15.7. The second kappa shape index (κ2) is 10.3. The van der Waals surface area contributed by atoms with Gasteiger partial charge in [0.2, 0.25) is 11.8 Å². The number of aryl methyl sites for hydroxylation is 1. The number of anilines is 1. The molecule has 4 rings (SSSR count). The van der Waals surface area contributed by atoms with E-state index in [9.17, 15) is 14.0 Å². The highest BCUT2D eigenvalue weighted by Crippen LogP contribution is 2.28. The van der Waals surface area contributed by atoms with E-state index in [4.69, 9.17) is 0 Å². The average Bonchev–Trinajstić information content (AvgIpc) is 3.32. The van der Waals surface area contributed by atoms with Gasteiger partial charge in [-0.25, -0.2) is 9.07 Å². The van der Waals surface area contributed by atoms with Gasteiger partial charge >= 0.3 is 0 Å². The van der Waals surface area contributed by atoms with Crippen molar-refractivity contribution in [3.05, 3.63) is 41.8 Å². The number of halogens is 1. The Balaban J connectivity index is 1.32. The molecule has 1 aliphatic carbocycles. The van der Waals surface area contributed by atoms with Gasteiger partial charge in [-0.1, -0.05) is 25.0 Å². The van der Waals surface area contributed by atoms with Crippen LogP contribution < -0.4 is 5.32 Å². The van der Waals surface area contributed by atoms with Crippen LogP contribution in [0.5, 0.6) is 0 Å². The van der Waals surface area contributed by atoms with Gasteiger partial charge in [0.05, 0.1) is 12.2 Å². The summed E-state index contributed by atoms with van der Waals surface area (Å²) in [5.41, 5.74) is 0.983. The largest absolute Gasteiger partial charge is 0.341 e. The van der Waals surface area contributed by atoms with Crippen LogP contribution in [0.15, 0.2) is 30.3 Å². The summed E-state index contributed by atoms with van der Waals surface area (Å²) in [6.07, 6.45) is 6.37. The van der Waals surface area contributed by atoms with Crippen molar-refractivity contribution in [2.45, 2.75) is 45.4 Å². The molecule has 172 valence electrons. The molecule has 1 aliphatic heterocycles. The highest BCUT2D eigenvalue weighted by molar-refractivity contribution is 5.91. The molecule has 32 heavy (non-hydrogen) atoms. The smallest absolute Gasteiger partial charge is 0.239 e. The van der Waals surface area contributed by atoms with Crippen molar-refractivity contribution in [1.82, 2.24) is 19.6 Å². The van der Waals surface area contributed by atoms with Crippen molar-refractivity contribution in [2.75, 3.05) is 38.0 Å². The summed E-state index contributed by atoms with van der Waals surface area (Å²) in [6, 6.07) is 8.08. The minimum absolute atomic E-state index is 0.173. The minimum Gasteiger partial charge on any atom is -0.341 e. The summed E-state index contributed by atoms with van der Waals surface area (Å²) in [5.74, 6) is 0.679. The summed E-state index contributed by atoms with van der Waals surface area (Å²) in [5, 5.41) is 7.21. The monoisotopic (exact) mass is 441 g/mol. The van der Waals surface area contributed by atoms with E-state index in [-0.39, 0.29) is 18.4 Å². The Bertz CT molecular complexity index is 954. The van der Waals surface area contributed by atoms with Crippen LogP contribution in [0.2, 0.25) is 0 Å². The number of para-hydroxylation sites is 1. The number of rotatable bonds is 6. The van der Waals surface area contributed by atoms with Gasteiger partial charge < -0.3 is 10.2 Å². The lowest BCUT2D eigenvalue weighted by atomic mass is 10.0. The molecule has 2 aliphatic rings. The Labute approximate surface area is 188 Å². The van der Waals surface area contributed by atoms with Crippen molar-refractivity contribution in [1.29, 1.82) is 0 Å². The number of nitrogens with one attached hydrogen (secondary N) is 1. The molecule has 1 saturated heterocycles. The van der Waals surface area contributed by atoms with Gasteiger partial charge in [0, 0.05) is 38.7 Å². The van der Waals surface area contributed by atoms with E-state index in [0.717, 1.165) is 19.5 Å². The van der Waals surface area contributed by atoms with E-state index in [1.807, 2.05) is 4.90 Å². The fraction of sp³-hybridized carbons (Fsp3) is 0.542. The highest BCUT2D eigenvalue weighted by atomic mass is 19.1. The normalized spacial score (nSPS) is 18.0. The number of carbonyl (C=O) groups is 2. The molecule has 0 bridgehead atoms. The zero-order valence-corrected chi connectivity index (χ0v) is 18.7. The van der Waals surface area contributed by atoms with E-state index in [1.165, 1.54) is 36.4 Å². The van der Waals surface area contributed by atoms with E-state index in [0.29, 0.717) is 42.6 Å². The Morgan fingerprint density at radius 2 is 1.88 bits per heavy atom. The molecule has 1 saturated carbocycles. The summed E-state index contributed by atoms with van der Waals surface area (Å²) in [4.78, 5) is 29.5. The number of hydrogen-bond acceptors (Lipinski definition) is 4. The third kappa shape index (κ3) is 5.54. The molecule has 2 aromatic rings. The lowest BCUT2D eigenvalue weighted by Gasteiger charge is -2.23. The number of benzene rings is 1. The van der Waals surface area contributed by atoms with Gasteiger partial charge in [0.1, 0.15) is 17.3 Å². The number of nitrogens with zero attached hydrogens (tertiary/aromatic N) is 4. The predicted molar refractivity (Wildman–Crippen MR) is 121 cm³/mol. The number of carbonyl (C=O) groups excluding carboxylic acids is 2. The zero-order chi connectivity index (χ0) is 22.5. The lowest BCUT2D eigenvalue weighted by molar-refractivity contribution is -0.132. The first-order chi connectivity index (χ1) is 15.5. The molecule has 7 nitrogen and oxygen atoms in total. The van der Waals surface area contributed by atoms with E-state index >= 15 is 0 Å². The molecule has 2 amide bonds. The molecule has 0 spiro atoms. The standard InChI is InChI=1S/C24H32FN5O2/c1-18-15-22(30(27-18)21-10-5-4-9-20(21)25)26-23(31)17-28-11-6-12-29(14-13-28)24(32)16-19-7-2-3-8-19/h4-5,9-10,15,19H,2-3,6-8,11-14,16-17H2,1H3,(H,26,31). The minimum atomic E-state index is -0.402. The number of amides is 2. The molecule has 2 fully saturated rings. The molecular weight excluding hydrogens is 409 g/mol. The topological polar surface area (TPSA) is 70.5 Å². The Morgan fingerprint density at radius 3 is 2.66 bits per heavy atom. The molecule has 1 N–H and O–H groups in total. The summed E-state index contributed by atoms with van der Waals surface area (Å²) >= 11 is 0. The van der Waals surface area contributed by atoms with Crippen molar-refractivity contribution < 1.29 is 14.0 Å². The van der Waals surface area contributed by atoms with Crippen LogP contribution in [0.3, 0.4) is 0 Å². The van der Waals surface area contributed by atoms with Crippen LogP contribution >= 0.6 is 0 Å². The van der Waals surface area contributed by atoms with Gasteiger partial charge in [-0.2, -0.15) is 5.10 Å². The van der Waals surface area contributed by atoms with Crippen molar-refractivity contribution >= 4 is 17.6 Å². The Kier molecular flexibility index (Phi) is 7.19. The Hall–Kier alpha value is -2.74. The quantitative estimate of drug-likeness (QED) is 0.746. The second-order valence-corrected chi connectivity index (χ2v) is 8.95. The van der Waals surface area contributed by atoms with E-state index in [1.54, 1.807) is 31.2 Å². The van der Waals surface area contributed by atoms with Gasteiger partial charge in [0.25, 0.3) is 0 Å². The maximum absolute atomic E-state index is 14.2. The van der Waals surface area contributed by atoms with Crippen molar-refractivity contribution in [2.24, 2.45) is 5.92 Å². The third-order valence-corrected chi connectivity index (χ3v) is 6.43. The SMILES string of the molecule is Cc1cc(NC(=O)CN2CCCN(C(=O)CC3CCCC3)CC2)n(-c2ccccc2F)n1. The first-order valence-corrected chi connectivity index (χ1v) is 11.6. The zero-order valence-electron chi connectivity index (χ0n) is 18.7. The van der Waals surface area contributed by atoms with Crippen molar-refractivity contribution in [3.8, 4) is 5.69 Å². The molecular formula is C24H32FN5O2. The molecule has 0 radical (unpaired) electrons. The van der Waals surface area contributed by atoms with Crippen LogP contribution in [0.25, 0.3) is 5.69 Å². The average molecular weight is 442 g/mol. The molecule has 1 aromatic carbocycles. The van der Waals surface area contributed by atoms with Crippen LogP contribution in [0.1, 0.15) is 44.2 Å². The van der Waals surface area contributed by atoms with Gasteiger partial charge in [-0.3, -0.25) is 14.5 Å². The Morgan fingerprint density at radius 1 is 1.09 bits per heavy atom. The first-order valence-electron chi connectivity index (χ1n) is 11.6. The first kappa shape index (κ1) is 22.5. The number of hydrogen-bond donors (Lipinski definition) is 1. The van der Waals surface area contributed by atoms with Crippen LogP contribution in [-0.2, 0) is 9.59 Å². The highest BCUT2D eigenvalue weighted by Gasteiger charge is 2.25. The molecule has 2 heterocycles. The van der Waals surface area contributed by atoms with Crippen molar-refractivity contribution in [3.63, 3.8) is 0 Å². The summed E-state index contributed by atoms with van der Waals surface area (Å²) in [6.45, 7) is 4.89. The third-order valence-electron chi connectivity index (χ3n) is 6.43. The fourth-order valence-electron chi connectivity index (χ4n) is 4.75. The molecule has 8 heteroatoms. The fourth-order valence-corrected chi connectivity index (χ4v) is 4.75. The lowest BCUT2D eigenvalue weighted by Crippen LogP contribution is -2.38. The second-order valence-electron chi connectivity index (χ2n) is 8.95. The van der Waals surface area contributed by atoms with Crippen LogP contribution in [0, 0.1) is 18.7 Å².